The minimum Gasteiger partial charge on any atom is -0.459 e. The van der Waals surface area contributed by atoms with Crippen LogP contribution in [0.15, 0.2) is 16.7 Å². The SMILES string of the molecule is CCOC(=O)c1nc(-c2c(F)ccc([N+](=O)[O-])c2F)no1. The minimum absolute atomic E-state index is 0.0378. The van der Waals surface area contributed by atoms with E-state index in [2.05, 4.69) is 19.4 Å². The van der Waals surface area contributed by atoms with Gasteiger partial charge in [-0.2, -0.15) is 9.37 Å². The van der Waals surface area contributed by atoms with Gasteiger partial charge < -0.3 is 9.26 Å². The number of nitro benzene ring substituents is 1. The van der Waals surface area contributed by atoms with E-state index >= 15 is 0 Å². The number of esters is 1. The van der Waals surface area contributed by atoms with E-state index in [9.17, 15) is 23.7 Å². The van der Waals surface area contributed by atoms with Gasteiger partial charge in [-0.15, -0.1) is 0 Å². The predicted molar refractivity (Wildman–Crippen MR) is 62.3 cm³/mol. The molecular formula is C11H7F2N3O5. The van der Waals surface area contributed by atoms with E-state index in [4.69, 9.17) is 0 Å². The van der Waals surface area contributed by atoms with Crippen molar-refractivity contribution >= 4 is 11.7 Å². The zero-order valence-electron chi connectivity index (χ0n) is 10.5. The lowest BCUT2D eigenvalue weighted by atomic mass is 10.1. The Morgan fingerprint density at radius 3 is 2.81 bits per heavy atom. The summed E-state index contributed by atoms with van der Waals surface area (Å²) >= 11 is 0. The van der Waals surface area contributed by atoms with E-state index in [0.29, 0.717) is 12.1 Å². The standard InChI is InChI=1S/C11H7F2N3O5/c1-2-20-11(17)10-14-9(15-21-10)7-5(12)3-4-6(8(7)13)16(18)19/h3-4H,2H2,1H3. The summed E-state index contributed by atoms with van der Waals surface area (Å²) in [6, 6.07) is 1.36. The Morgan fingerprint density at radius 1 is 1.48 bits per heavy atom. The predicted octanol–water partition coefficient (Wildman–Crippen LogP) is 2.10. The molecule has 0 aliphatic heterocycles. The van der Waals surface area contributed by atoms with E-state index in [0.717, 1.165) is 0 Å². The number of aromatic nitrogens is 2. The summed E-state index contributed by atoms with van der Waals surface area (Å²) in [6.07, 6.45) is 0. The Morgan fingerprint density at radius 2 is 2.19 bits per heavy atom. The van der Waals surface area contributed by atoms with Crippen LogP contribution in [-0.2, 0) is 4.74 Å². The molecule has 1 aromatic carbocycles. The summed E-state index contributed by atoms with van der Waals surface area (Å²) in [6.45, 7) is 1.57. The summed E-state index contributed by atoms with van der Waals surface area (Å²) < 4.78 is 36.6. The van der Waals surface area contributed by atoms with Gasteiger partial charge in [0, 0.05) is 6.07 Å². The van der Waals surface area contributed by atoms with Crippen molar-refractivity contribution in [1.29, 1.82) is 0 Å². The van der Waals surface area contributed by atoms with Gasteiger partial charge in [-0.3, -0.25) is 10.1 Å². The first-order valence-electron chi connectivity index (χ1n) is 5.59. The fraction of sp³-hybridized carbons (Fsp3) is 0.182. The molecule has 0 unspecified atom stereocenters. The van der Waals surface area contributed by atoms with E-state index in [1.807, 2.05) is 0 Å². The molecule has 0 N–H and O–H groups in total. The van der Waals surface area contributed by atoms with Crippen LogP contribution in [0.3, 0.4) is 0 Å². The molecule has 110 valence electrons. The Bertz CT molecular complexity index is 716. The van der Waals surface area contributed by atoms with Crippen LogP contribution in [0.1, 0.15) is 17.6 Å². The van der Waals surface area contributed by atoms with E-state index in [1.165, 1.54) is 6.92 Å². The van der Waals surface area contributed by atoms with Crippen molar-refractivity contribution in [3.8, 4) is 11.4 Å². The van der Waals surface area contributed by atoms with Gasteiger partial charge in [0.2, 0.25) is 11.6 Å². The molecule has 2 rings (SSSR count). The lowest BCUT2D eigenvalue weighted by Crippen LogP contribution is -2.05. The molecular weight excluding hydrogens is 292 g/mol. The van der Waals surface area contributed by atoms with Crippen molar-refractivity contribution < 1.29 is 27.8 Å². The maximum Gasteiger partial charge on any atom is 0.397 e. The molecule has 8 nitrogen and oxygen atoms in total. The Labute approximate surface area is 115 Å². The molecule has 0 atom stereocenters. The lowest BCUT2D eigenvalue weighted by Gasteiger charge is -2.00. The highest BCUT2D eigenvalue weighted by molar-refractivity contribution is 5.84. The van der Waals surface area contributed by atoms with Gasteiger partial charge in [-0.1, -0.05) is 5.16 Å². The fourth-order valence-electron chi connectivity index (χ4n) is 1.49. The Balaban J connectivity index is 2.50. The number of hydrogen-bond acceptors (Lipinski definition) is 7. The van der Waals surface area contributed by atoms with Gasteiger partial charge in [0.25, 0.3) is 0 Å². The van der Waals surface area contributed by atoms with Crippen LogP contribution in [0.2, 0.25) is 0 Å². The summed E-state index contributed by atoms with van der Waals surface area (Å²) in [5, 5.41) is 13.8. The second kappa shape index (κ2) is 5.61. The zero-order valence-corrected chi connectivity index (χ0v) is 10.5. The molecule has 0 bridgehead atoms. The number of nitrogens with zero attached hydrogens (tertiary/aromatic N) is 3. The Hall–Kier alpha value is -2.91. The number of carbonyl (C=O) groups is 1. The van der Waals surface area contributed by atoms with Gasteiger partial charge in [0.1, 0.15) is 11.4 Å². The largest absolute Gasteiger partial charge is 0.459 e. The highest BCUT2D eigenvalue weighted by atomic mass is 19.1. The van der Waals surface area contributed by atoms with Gasteiger partial charge >= 0.3 is 17.5 Å². The van der Waals surface area contributed by atoms with Crippen molar-refractivity contribution in [2.75, 3.05) is 6.61 Å². The number of ether oxygens (including phenoxy) is 1. The van der Waals surface area contributed by atoms with Crippen molar-refractivity contribution in [2.45, 2.75) is 6.92 Å². The van der Waals surface area contributed by atoms with Crippen LogP contribution in [0.5, 0.6) is 0 Å². The average Bonchev–Trinajstić information content (AvgIpc) is 2.88. The molecule has 0 saturated carbocycles. The van der Waals surface area contributed by atoms with Crippen LogP contribution in [0, 0.1) is 21.7 Å². The molecule has 1 aromatic heterocycles. The number of rotatable bonds is 4. The van der Waals surface area contributed by atoms with Gasteiger partial charge in [0.15, 0.2) is 0 Å². The number of hydrogen-bond donors (Lipinski definition) is 0. The van der Waals surface area contributed by atoms with Crippen LogP contribution < -0.4 is 0 Å². The third-order valence-electron chi connectivity index (χ3n) is 2.37. The maximum atomic E-state index is 13.9. The third kappa shape index (κ3) is 2.68. The molecule has 1 heterocycles. The number of carbonyl (C=O) groups excluding carboxylic acids is 1. The van der Waals surface area contributed by atoms with Crippen LogP contribution >= 0.6 is 0 Å². The van der Waals surface area contributed by atoms with E-state index in [1.54, 1.807) is 0 Å². The highest BCUT2D eigenvalue weighted by Crippen LogP contribution is 2.29. The first-order valence-corrected chi connectivity index (χ1v) is 5.59. The quantitative estimate of drug-likeness (QED) is 0.483. The van der Waals surface area contributed by atoms with Gasteiger partial charge in [0.05, 0.1) is 11.5 Å². The first-order chi connectivity index (χ1) is 9.95. The summed E-state index contributed by atoms with van der Waals surface area (Å²) in [4.78, 5) is 24.4. The highest BCUT2D eigenvalue weighted by Gasteiger charge is 2.27. The number of halogens is 2. The maximum absolute atomic E-state index is 13.9. The third-order valence-corrected chi connectivity index (χ3v) is 2.37. The second-order valence-electron chi connectivity index (χ2n) is 3.66. The fourth-order valence-corrected chi connectivity index (χ4v) is 1.49. The van der Waals surface area contributed by atoms with Crippen LogP contribution in [-0.4, -0.2) is 27.6 Å². The second-order valence-corrected chi connectivity index (χ2v) is 3.66. The molecule has 0 aliphatic rings. The average molecular weight is 299 g/mol. The lowest BCUT2D eigenvalue weighted by molar-refractivity contribution is -0.387. The van der Waals surface area contributed by atoms with Gasteiger partial charge in [-0.05, 0) is 13.0 Å². The molecule has 0 radical (unpaired) electrons. The molecule has 10 heteroatoms. The normalized spacial score (nSPS) is 10.4. The first kappa shape index (κ1) is 14.5. The van der Waals surface area contributed by atoms with Crippen molar-refractivity contribution in [3.05, 3.63) is 39.8 Å². The smallest absolute Gasteiger partial charge is 0.397 e. The molecule has 0 spiro atoms. The van der Waals surface area contributed by atoms with Crippen molar-refractivity contribution in [3.63, 3.8) is 0 Å². The van der Waals surface area contributed by atoms with Gasteiger partial charge in [-0.25, -0.2) is 9.18 Å². The molecule has 0 saturated heterocycles. The minimum atomic E-state index is -1.46. The molecule has 2 aromatic rings. The molecule has 21 heavy (non-hydrogen) atoms. The van der Waals surface area contributed by atoms with Crippen LogP contribution in [0.4, 0.5) is 14.5 Å². The monoisotopic (exact) mass is 299 g/mol. The summed E-state index contributed by atoms with van der Waals surface area (Å²) in [7, 11) is 0. The Kier molecular flexibility index (Phi) is 3.87. The molecule has 0 aliphatic carbocycles. The summed E-state index contributed by atoms with van der Waals surface area (Å²) in [5.41, 5.74) is -1.81. The number of nitro groups is 1. The van der Waals surface area contributed by atoms with Crippen molar-refractivity contribution in [2.24, 2.45) is 0 Å². The molecule has 0 amide bonds. The summed E-state index contributed by atoms with van der Waals surface area (Å²) in [5.74, 6) is -4.80. The molecule has 0 fully saturated rings. The number of benzene rings is 1. The van der Waals surface area contributed by atoms with E-state index in [-0.39, 0.29) is 6.61 Å². The zero-order chi connectivity index (χ0) is 15.6. The van der Waals surface area contributed by atoms with Crippen LogP contribution in [0.25, 0.3) is 11.4 Å². The van der Waals surface area contributed by atoms with E-state index < -0.39 is 45.5 Å². The topological polar surface area (TPSA) is 108 Å². The van der Waals surface area contributed by atoms with Crippen molar-refractivity contribution in [1.82, 2.24) is 10.1 Å².